The predicted octanol–water partition coefficient (Wildman–Crippen LogP) is 2.94. The van der Waals surface area contributed by atoms with Crippen molar-refractivity contribution in [3.63, 3.8) is 0 Å². The standard InChI is InChI=1S/C11H9ClN2O2/c1-7-8(15)3-2-4-9(7)16-11-6-5-10(12)13-14-11/h2-6,15H,1H3. The molecule has 0 bridgehead atoms. The van der Waals surface area contributed by atoms with E-state index in [0.29, 0.717) is 22.3 Å². The third-order valence-corrected chi connectivity index (χ3v) is 2.28. The van der Waals surface area contributed by atoms with E-state index in [1.165, 1.54) is 0 Å². The van der Waals surface area contributed by atoms with E-state index < -0.39 is 0 Å². The normalized spacial score (nSPS) is 10.1. The van der Waals surface area contributed by atoms with Crippen LogP contribution in [-0.2, 0) is 0 Å². The van der Waals surface area contributed by atoms with Gasteiger partial charge in [-0.2, -0.15) is 0 Å². The van der Waals surface area contributed by atoms with Crippen LogP contribution in [0.1, 0.15) is 5.56 Å². The largest absolute Gasteiger partial charge is 0.508 e. The average molecular weight is 237 g/mol. The molecule has 1 N–H and O–H groups in total. The van der Waals surface area contributed by atoms with Gasteiger partial charge in [-0.05, 0) is 25.1 Å². The number of aromatic hydroxyl groups is 1. The van der Waals surface area contributed by atoms with Gasteiger partial charge in [-0.1, -0.05) is 17.7 Å². The van der Waals surface area contributed by atoms with Gasteiger partial charge in [0, 0.05) is 11.6 Å². The molecule has 0 spiro atoms. The first-order valence-electron chi connectivity index (χ1n) is 4.62. The number of nitrogens with zero attached hydrogens (tertiary/aromatic N) is 2. The van der Waals surface area contributed by atoms with Gasteiger partial charge in [-0.15, -0.1) is 10.2 Å². The molecule has 0 aliphatic rings. The Balaban J connectivity index is 2.27. The van der Waals surface area contributed by atoms with Crippen molar-refractivity contribution in [2.24, 2.45) is 0 Å². The van der Waals surface area contributed by atoms with Crippen LogP contribution in [0, 0.1) is 6.92 Å². The molecule has 0 fully saturated rings. The molecule has 0 aliphatic heterocycles. The van der Waals surface area contributed by atoms with Crippen LogP contribution in [0.2, 0.25) is 5.15 Å². The molecule has 2 rings (SSSR count). The van der Waals surface area contributed by atoms with Crippen molar-refractivity contribution in [3.8, 4) is 17.4 Å². The van der Waals surface area contributed by atoms with E-state index in [1.807, 2.05) is 0 Å². The molecule has 5 heteroatoms. The highest BCUT2D eigenvalue weighted by Gasteiger charge is 2.05. The average Bonchev–Trinajstić information content (AvgIpc) is 2.28. The van der Waals surface area contributed by atoms with E-state index in [2.05, 4.69) is 10.2 Å². The zero-order chi connectivity index (χ0) is 11.5. The lowest BCUT2D eigenvalue weighted by atomic mass is 10.2. The van der Waals surface area contributed by atoms with E-state index in [4.69, 9.17) is 16.3 Å². The summed E-state index contributed by atoms with van der Waals surface area (Å²) in [5.74, 6) is 1.05. The number of phenolic OH excluding ortho intramolecular Hbond substituents is 1. The lowest BCUT2D eigenvalue weighted by molar-refractivity contribution is 0.434. The van der Waals surface area contributed by atoms with E-state index in [0.717, 1.165) is 0 Å². The molecule has 4 nitrogen and oxygen atoms in total. The summed E-state index contributed by atoms with van der Waals surface area (Å²) >= 11 is 5.60. The van der Waals surface area contributed by atoms with Crippen molar-refractivity contribution in [2.75, 3.05) is 0 Å². The van der Waals surface area contributed by atoms with Gasteiger partial charge in [0.15, 0.2) is 5.15 Å². The Morgan fingerprint density at radius 3 is 2.69 bits per heavy atom. The SMILES string of the molecule is Cc1c(O)cccc1Oc1ccc(Cl)nn1. The number of hydrogen-bond acceptors (Lipinski definition) is 4. The summed E-state index contributed by atoms with van der Waals surface area (Å²) < 4.78 is 5.45. The van der Waals surface area contributed by atoms with Crippen LogP contribution in [0.3, 0.4) is 0 Å². The van der Waals surface area contributed by atoms with Crippen molar-refractivity contribution in [1.29, 1.82) is 0 Å². The van der Waals surface area contributed by atoms with E-state index in [1.54, 1.807) is 37.3 Å². The van der Waals surface area contributed by atoms with Gasteiger partial charge in [0.2, 0.25) is 5.88 Å². The lowest BCUT2D eigenvalue weighted by Crippen LogP contribution is -1.92. The Bertz CT molecular complexity index is 500. The summed E-state index contributed by atoms with van der Waals surface area (Å²) in [6.07, 6.45) is 0. The molecule has 0 unspecified atom stereocenters. The first-order valence-corrected chi connectivity index (χ1v) is 5.00. The van der Waals surface area contributed by atoms with Gasteiger partial charge in [-0.25, -0.2) is 0 Å². The number of rotatable bonds is 2. The fraction of sp³-hybridized carbons (Fsp3) is 0.0909. The fourth-order valence-electron chi connectivity index (χ4n) is 1.18. The summed E-state index contributed by atoms with van der Waals surface area (Å²) in [7, 11) is 0. The number of benzene rings is 1. The van der Waals surface area contributed by atoms with Crippen LogP contribution < -0.4 is 4.74 Å². The number of phenols is 1. The minimum absolute atomic E-state index is 0.180. The zero-order valence-electron chi connectivity index (χ0n) is 8.51. The zero-order valence-corrected chi connectivity index (χ0v) is 9.27. The molecule has 0 saturated carbocycles. The third-order valence-electron chi connectivity index (χ3n) is 2.08. The summed E-state index contributed by atoms with van der Waals surface area (Å²) in [6, 6.07) is 8.23. The van der Waals surface area contributed by atoms with Gasteiger partial charge < -0.3 is 9.84 Å². The van der Waals surface area contributed by atoms with Crippen LogP contribution in [0.15, 0.2) is 30.3 Å². The van der Waals surface area contributed by atoms with Gasteiger partial charge in [-0.3, -0.25) is 0 Å². The molecule has 0 radical (unpaired) electrons. The molecule has 0 saturated heterocycles. The van der Waals surface area contributed by atoms with Gasteiger partial charge in [0.05, 0.1) is 0 Å². The quantitative estimate of drug-likeness (QED) is 0.871. The van der Waals surface area contributed by atoms with Crippen LogP contribution in [-0.4, -0.2) is 15.3 Å². The van der Waals surface area contributed by atoms with Gasteiger partial charge in [0.1, 0.15) is 11.5 Å². The molecule has 16 heavy (non-hydrogen) atoms. The maximum atomic E-state index is 9.49. The van der Waals surface area contributed by atoms with Gasteiger partial charge >= 0.3 is 0 Å². The maximum absolute atomic E-state index is 9.49. The molecule has 0 atom stereocenters. The molecular formula is C11H9ClN2O2. The lowest BCUT2D eigenvalue weighted by Gasteiger charge is -2.07. The molecule has 82 valence electrons. The van der Waals surface area contributed by atoms with E-state index in [-0.39, 0.29) is 5.75 Å². The number of ether oxygens (including phenoxy) is 1. The molecule has 2 aromatic rings. The highest BCUT2D eigenvalue weighted by molar-refractivity contribution is 6.29. The Labute approximate surface area is 97.5 Å². The molecule has 1 heterocycles. The molecule has 0 amide bonds. The molecule has 1 aromatic heterocycles. The second kappa shape index (κ2) is 4.37. The highest BCUT2D eigenvalue weighted by atomic mass is 35.5. The topological polar surface area (TPSA) is 55.2 Å². The Kier molecular flexibility index (Phi) is 2.92. The molecule has 0 aliphatic carbocycles. The fourth-order valence-corrected chi connectivity index (χ4v) is 1.29. The smallest absolute Gasteiger partial charge is 0.238 e. The number of hydrogen-bond donors (Lipinski definition) is 1. The van der Waals surface area contributed by atoms with Crippen LogP contribution in [0.5, 0.6) is 17.4 Å². The highest BCUT2D eigenvalue weighted by Crippen LogP contribution is 2.29. The third kappa shape index (κ3) is 2.23. The van der Waals surface area contributed by atoms with Crippen molar-refractivity contribution < 1.29 is 9.84 Å². The molecule has 1 aromatic carbocycles. The Morgan fingerprint density at radius 2 is 2.00 bits per heavy atom. The minimum atomic E-state index is 0.180. The number of halogens is 1. The summed E-state index contributed by atoms with van der Waals surface area (Å²) in [5.41, 5.74) is 0.652. The molecular weight excluding hydrogens is 228 g/mol. The van der Waals surface area contributed by atoms with Crippen molar-refractivity contribution in [3.05, 3.63) is 41.0 Å². The second-order valence-electron chi connectivity index (χ2n) is 3.20. The van der Waals surface area contributed by atoms with Crippen LogP contribution in [0.25, 0.3) is 0 Å². The first kappa shape index (κ1) is 10.7. The van der Waals surface area contributed by atoms with Gasteiger partial charge in [0.25, 0.3) is 0 Å². The van der Waals surface area contributed by atoms with E-state index in [9.17, 15) is 5.11 Å². The summed E-state index contributed by atoms with van der Waals surface area (Å²) in [6.45, 7) is 1.76. The van der Waals surface area contributed by atoms with E-state index >= 15 is 0 Å². The summed E-state index contributed by atoms with van der Waals surface area (Å²) in [5, 5.41) is 17.2. The predicted molar refractivity (Wildman–Crippen MR) is 60.0 cm³/mol. The monoisotopic (exact) mass is 236 g/mol. The minimum Gasteiger partial charge on any atom is -0.508 e. The van der Waals surface area contributed by atoms with Crippen LogP contribution in [0.4, 0.5) is 0 Å². The van der Waals surface area contributed by atoms with Crippen molar-refractivity contribution in [2.45, 2.75) is 6.92 Å². The second-order valence-corrected chi connectivity index (χ2v) is 3.58. The van der Waals surface area contributed by atoms with Crippen molar-refractivity contribution in [1.82, 2.24) is 10.2 Å². The maximum Gasteiger partial charge on any atom is 0.238 e. The Hall–Kier alpha value is -1.81. The number of aromatic nitrogens is 2. The summed E-state index contributed by atoms with van der Waals surface area (Å²) in [4.78, 5) is 0. The Morgan fingerprint density at radius 1 is 1.19 bits per heavy atom. The first-order chi connectivity index (χ1) is 7.66. The van der Waals surface area contributed by atoms with Crippen LogP contribution >= 0.6 is 11.6 Å². The van der Waals surface area contributed by atoms with Crippen molar-refractivity contribution >= 4 is 11.6 Å².